The summed E-state index contributed by atoms with van der Waals surface area (Å²) in [5.41, 5.74) is -0.715. The van der Waals surface area contributed by atoms with Gasteiger partial charge >= 0.3 is 6.09 Å². The highest BCUT2D eigenvalue weighted by Crippen LogP contribution is 2.28. The minimum absolute atomic E-state index is 0.0375. The van der Waals surface area contributed by atoms with Crippen molar-refractivity contribution in [1.29, 1.82) is 0 Å². The number of benzene rings is 1. The molecule has 0 aliphatic carbocycles. The van der Waals surface area contributed by atoms with Crippen LogP contribution in [-0.4, -0.2) is 18.8 Å². The first-order valence-corrected chi connectivity index (χ1v) is 6.06. The average molecular weight is 320 g/mol. The van der Waals surface area contributed by atoms with Crippen LogP contribution >= 0.6 is 15.9 Å². The lowest BCUT2D eigenvalue weighted by Crippen LogP contribution is -2.31. The van der Waals surface area contributed by atoms with Crippen molar-refractivity contribution in [2.75, 3.05) is 12.2 Å². The molecule has 0 fully saturated rings. The predicted octanol–water partition coefficient (Wildman–Crippen LogP) is 4.08. The van der Waals surface area contributed by atoms with Crippen molar-refractivity contribution in [2.24, 2.45) is 0 Å². The van der Waals surface area contributed by atoms with Crippen LogP contribution in [-0.2, 0) is 4.74 Å². The van der Waals surface area contributed by atoms with E-state index in [2.05, 4.69) is 15.9 Å². The van der Waals surface area contributed by atoms with Crippen molar-refractivity contribution < 1.29 is 18.7 Å². The number of anilines is 1. The van der Waals surface area contributed by atoms with Crippen molar-refractivity contribution in [3.8, 4) is 5.75 Å². The van der Waals surface area contributed by atoms with Crippen molar-refractivity contribution in [1.82, 2.24) is 0 Å². The maximum absolute atomic E-state index is 13.8. The first kappa shape index (κ1) is 14.8. The highest BCUT2D eigenvalue weighted by molar-refractivity contribution is 9.10. The Balaban J connectivity index is 2.93. The number of hydrogen-bond donors (Lipinski definition) is 0. The van der Waals surface area contributed by atoms with Gasteiger partial charge in [0.1, 0.15) is 11.4 Å². The number of hydrogen-bond acceptors (Lipinski definition) is 3. The molecule has 100 valence electrons. The number of nitrogens with zero attached hydrogens (tertiary/aromatic N) is 1. The van der Waals surface area contributed by atoms with Crippen molar-refractivity contribution in [3.05, 3.63) is 22.7 Å². The summed E-state index contributed by atoms with van der Waals surface area (Å²) in [5.74, 6) is 0.436. The molecule has 0 aliphatic rings. The topological polar surface area (TPSA) is 38.8 Å². The number of methoxy groups -OCH3 is 1. The quantitative estimate of drug-likeness (QED) is 0.771. The zero-order valence-corrected chi connectivity index (χ0v) is 12.2. The van der Waals surface area contributed by atoms with Crippen molar-refractivity contribution in [2.45, 2.75) is 26.4 Å². The molecule has 1 aromatic rings. The van der Waals surface area contributed by atoms with E-state index in [4.69, 9.17) is 9.47 Å². The third kappa shape index (κ3) is 4.18. The largest absolute Gasteiger partial charge is 0.497 e. The fourth-order valence-corrected chi connectivity index (χ4v) is 1.65. The lowest BCUT2D eigenvalue weighted by atomic mass is 10.2. The van der Waals surface area contributed by atoms with E-state index >= 15 is 0 Å². The van der Waals surface area contributed by atoms with Gasteiger partial charge in [0.05, 0.1) is 12.8 Å². The molecule has 0 unspecified atom stereocenters. The Morgan fingerprint density at radius 2 is 1.94 bits per heavy atom. The Kier molecular flexibility index (Phi) is 4.56. The maximum Gasteiger partial charge on any atom is 0.443 e. The van der Waals surface area contributed by atoms with Crippen LogP contribution in [0.2, 0.25) is 0 Å². The van der Waals surface area contributed by atoms with E-state index in [1.807, 2.05) is 0 Å². The molecular weight excluding hydrogens is 305 g/mol. The molecule has 1 aromatic carbocycles. The molecule has 0 radical (unpaired) electrons. The van der Waals surface area contributed by atoms with Gasteiger partial charge in [0, 0.05) is 10.5 Å². The van der Waals surface area contributed by atoms with Gasteiger partial charge in [-0.2, -0.15) is 0 Å². The van der Waals surface area contributed by atoms with E-state index in [0.29, 0.717) is 10.2 Å². The standard InChI is InChI=1S/C12H15BrFNO3/c1-12(2,3)18-11(16)15(14)9-5-8(13)6-10(7-9)17-4/h5-7H,1-4H3. The van der Waals surface area contributed by atoms with Gasteiger partial charge in [-0.3, -0.25) is 0 Å². The second-order valence-electron chi connectivity index (χ2n) is 4.61. The first-order chi connectivity index (χ1) is 8.23. The minimum Gasteiger partial charge on any atom is -0.497 e. The third-order valence-electron chi connectivity index (χ3n) is 1.87. The second kappa shape index (κ2) is 5.56. The maximum atomic E-state index is 13.8. The fraction of sp³-hybridized carbons (Fsp3) is 0.417. The molecule has 1 amide bonds. The summed E-state index contributed by atoms with van der Waals surface area (Å²) in [4.78, 5) is 11.5. The summed E-state index contributed by atoms with van der Waals surface area (Å²) in [6, 6.07) is 4.51. The molecule has 0 N–H and O–H groups in total. The Bertz CT molecular complexity index is 445. The van der Waals surface area contributed by atoms with Gasteiger partial charge in [-0.05, 0) is 32.9 Å². The van der Waals surface area contributed by atoms with Gasteiger partial charge in [0.15, 0.2) is 0 Å². The van der Waals surface area contributed by atoms with E-state index in [9.17, 15) is 9.28 Å². The predicted molar refractivity (Wildman–Crippen MR) is 70.5 cm³/mol. The molecule has 0 aliphatic heterocycles. The van der Waals surface area contributed by atoms with Crippen LogP contribution < -0.4 is 9.86 Å². The summed E-state index contributed by atoms with van der Waals surface area (Å²) < 4.78 is 24.4. The molecule has 6 heteroatoms. The highest BCUT2D eigenvalue weighted by Gasteiger charge is 2.24. The monoisotopic (exact) mass is 319 g/mol. The number of rotatable bonds is 2. The average Bonchev–Trinajstić information content (AvgIpc) is 2.24. The molecule has 0 spiro atoms. The number of ether oxygens (including phenoxy) is 2. The van der Waals surface area contributed by atoms with Crippen molar-refractivity contribution in [3.63, 3.8) is 0 Å². The fourth-order valence-electron chi connectivity index (χ4n) is 1.19. The molecule has 0 heterocycles. The van der Waals surface area contributed by atoms with Crippen LogP contribution in [0.4, 0.5) is 15.0 Å². The van der Waals surface area contributed by atoms with Gasteiger partial charge in [-0.15, -0.1) is 5.12 Å². The molecular formula is C12H15BrFNO3. The SMILES string of the molecule is COc1cc(Br)cc(N(F)C(=O)OC(C)(C)C)c1. The van der Waals surface area contributed by atoms with Crippen LogP contribution in [0.3, 0.4) is 0 Å². The van der Waals surface area contributed by atoms with Gasteiger partial charge in [0.2, 0.25) is 0 Å². The van der Waals surface area contributed by atoms with Crippen LogP contribution in [0.1, 0.15) is 20.8 Å². The zero-order valence-electron chi connectivity index (χ0n) is 10.7. The van der Waals surface area contributed by atoms with E-state index in [1.54, 1.807) is 26.8 Å². The highest BCUT2D eigenvalue weighted by atomic mass is 79.9. The van der Waals surface area contributed by atoms with E-state index < -0.39 is 11.7 Å². The molecule has 0 aromatic heterocycles. The first-order valence-electron chi connectivity index (χ1n) is 5.26. The van der Waals surface area contributed by atoms with Gasteiger partial charge < -0.3 is 9.47 Å². The van der Waals surface area contributed by atoms with Gasteiger partial charge in [0.25, 0.3) is 0 Å². The Morgan fingerprint density at radius 1 is 1.33 bits per heavy atom. The van der Waals surface area contributed by atoms with E-state index in [1.165, 1.54) is 19.2 Å². The molecule has 0 saturated carbocycles. The molecule has 1 rings (SSSR count). The molecule has 4 nitrogen and oxygen atoms in total. The van der Waals surface area contributed by atoms with Gasteiger partial charge in [-0.25, -0.2) is 4.79 Å². The molecule has 18 heavy (non-hydrogen) atoms. The van der Waals surface area contributed by atoms with Crippen LogP contribution in [0.5, 0.6) is 5.75 Å². The van der Waals surface area contributed by atoms with E-state index in [0.717, 1.165) is 0 Å². The summed E-state index contributed by atoms with van der Waals surface area (Å²) in [6.45, 7) is 5.00. The minimum atomic E-state index is -1.07. The zero-order chi connectivity index (χ0) is 13.9. The smallest absolute Gasteiger partial charge is 0.443 e. The van der Waals surface area contributed by atoms with E-state index in [-0.39, 0.29) is 10.8 Å². The number of halogens is 2. The number of carbonyl (C=O) groups is 1. The number of carbonyl (C=O) groups excluding carboxylic acids is 1. The second-order valence-corrected chi connectivity index (χ2v) is 5.53. The summed E-state index contributed by atoms with van der Waals surface area (Å²) >= 11 is 3.21. The molecule has 0 atom stereocenters. The van der Waals surface area contributed by atoms with Crippen LogP contribution in [0.25, 0.3) is 0 Å². The Hall–Kier alpha value is -1.30. The lowest BCUT2D eigenvalue weighted by molar-refractivity contribution is 0.0501. The summed E-state index contributed by atoms with van der Waals surface area (Å²) in [5, 5.41) is -0.0570. The Labute approximate surface area is 114 Å². The molecule has 0 saturated heterocycles. The lowest BCUT2D eigenvalue weighted by Gasteiger charge is -2.22. The summed E-state index contributed by atoms with van der Waals surface area (Å²) in [7, 11) is 1.46. The Morgan fingerprint density at radius 3 is 2.44 bits per heavy atom. The van der Waals surface area contributed by atoms with Crippen molar-refractivity contribution >= 4 is 27.7 Å². The van der Waals surface area contributed by atoms with Gasteiger partial charge in [-0.1, -0.05) is 20.4 Å². The normalized spacial score (nSPS) is 11.0. The molecule has 0 bridgehead atoms. The summed E-state index contributed by atoms with van der Waals surface area (Å²) in [6.07, 6.45) is -1.07. The third-order valence-corrected chi connectivity index (χ3v) is 2.33. The number of amides is 1. The van der Waals surface area contributed by atoms with Crippen LogP contribution in [0, 0.1) is 0 Å². The van der Waals surface area contributed by atoms with Crippen LogP contribution in [0.15, 0.2) is 22.7 Å².